The molecule has 0 saturated heterocycles. The highest BCUT2D eigenvalue weighted by Crippen LogP contribution is 2.25. The number of hydrogen-bond acceptors (Lipinski definition) is 4. The van der Waals surface area contributed by atoms with E-state index >= 15 is 0 Å². The van der Waals surface area contributed by atoms with Crippen molar-refractivity contribution in [3.63, 3.8) is 0 Å². The van der Waals surface area contributed by atoms with E-state index in [9.17, 15) is 9.59 Å². The first-order valence-electron chi connectivity index (χ1n) is 12.0. The number of aromatic nitrogens is 5. The minimum atomic E-state index is -0.798. The number of aryl methyl sites for hydroxylation is 2. The number of nitrogens with one attached hydrogen (secondary N) is 1. The molecule has 1 atom stereocenters. The van der Waals surface area contributed by atoms with Crippen LogP contribution in [0.5, 0.6) is 0 Å². The summed E-state index contributed by atoms with van der Waals surface area (Å²) in [6.07, 6.45) is 4.71. The molecule has 36 heavy (non-hydrogen) atoms. The van der Waals surface area contributed by atoms with Crippen LogP contribution in [-0.2, 0) is 17.8 Å². The molecule has 0 unspecified atom stereocenters. The molecule has 0 saturated carbocycles. The van der Waals surface area contributed by atoms with Gasteiger partial charge in [0.1, 0.15) is 16.9 Å². The number of para-hydroxylation sites is 1. The number of fused-ring (bicyclic) bond motifs is 1. The minimum Gasteiger partial charge on any atom is -0.350 e. The average Bonchev–Trinajstić information content (AvgIpc) is 3.58. The van der Waals surface area contributed by atoms with Crippen molar-refractivity contribution >= 4 is 16.8 Å². The molecule has 0 aliphatic carbocycles. The minimum absolute atomic E-state index is 0.277. The van der Waals surface area contributed by atoms with E-state index in [-0.39, 0.29) is 11.5 Å². The second-order valence-electron chi connectivity index (χ2n) is 8.78. The lowest BCUT2D eigenvalue weighted by atomic mass is 10.1. The number of rotatable bonds is 7. The largest absolute Gasteiger partial charge is 0.350 e. The van der Waals surface area contributed by atoms with E-state index in [0.717, 1.165) is 17.7 Å². The fraction of sp³-hybridized carbons (Fsp3) is 0.214. The molecule has 8 nitrogen and oxygen atoms in total. The first-order chi connectivity index (χ1) is 17.5. The van der Waals surface area contributed by atoms with Crippen LogP contribution in [0.4, 0.5) is 0 Å². The molecule has 1 amide bonds. The molecule has 3 aromatic heterocycles. The third-order valence-corrected chi connectivity index (χ3v) is 6.38. The first-order valence-corrected chi connectivity index (χ1v) is 12.0. The van der Waals surface area contributed by atoms with Gasteiger partial charge in [-0.1, -0.05) is 49.4 Å². The van der Waals surface area contributed by atoms with Crippen molar-refractivity contribution in [2.75, 3.05) is 0 Å². The summed E-state index contributed by atoms with van der Waals surface area (Å²) in [7, 11) is 0. The van der Waals surface area contributed by atoms with Gasteiger partial charge < -0.3 is 9.88 Å². The van der Waals surface area contributed by atoms with Crippen LogP contribution in [0.2, 0.25) is 0 Å². The quantitative estimate of drug-likeness (QED) is 0.380. The highest BCUT2D eigenvalue weighted by molar-refractivity contribution is 5.88. The monoisotopic (exact) mass is 480 g/mol. The smallest absolute Gasteiger partial charge is 0.280 e. The predicted octanol–water partition coefficient (Wildman–Crippen LogP) is 4.12. The van der Waals surface area contributed by atoms with Crippen LogP contribution < -0.4 is 10.9 Å². The number of amides is 1. The van der Waals surface area contributed by atoms with E-state index in [1.807, 2.05) is 71.6 Å². The van der Waals surface area contributed by atoms with Gasteiger partial charge in [0, 0.05) is 18.9 Å². The van der Waals surface area contributed by atoms with Crippen molar-refractivity contribution in [1.82, 2.24) is 29.4 Å². The van der Waals surface area contributed by atoms with Crippen molar-refractivity contribution in [3.8, 4) is 11.5 Å². The molecule has 1 N–H and O–H groups in total. The summed E-state index contributed by atoms with van der Waals surface area (Å²) >= 11 is 0. The van der Waals surface area contributed by atoms with E-state index in [1.165, 1.54) is 10.2 Å². The number of carbonyl (C=O) groups excluding carboxylic acids is 1. The topological polar surface area (TPSA) is 86.7 Å². The third-order valence-electron chi connectivity index (χ3n) is 6.38. The highest BCUT2D eigenvalue weighted by atomic mass is 16.2. The number of carbonyl (C=O) groups is 1. The van der Waals surface area contributed by atoms with Crippen LogP contribution in [-0.4, -0.2) is 30.0 Å². The van der Waals surface area contributed by atoms with Gasteiger partial charge in [-0.05, 0) is 55.7 Å². The maximum Gasteiger partial charge on any atom is 0.280 e. The van der Waals surface area contributed by atoms with Gasteiger partial charge in [-0.25, -0.2) is 9.36 Å². The molecule has 5 aromatic rings. The molecule has 0 bridgehead atoms. The van der Waals surface area contributed by atoms with Gasteiger partial charge in [-0.3, -0.25) is 9.59 Å². The van der Waals surface area contributed by atoms with Gasteiger partial charge in [0.15, 0.2) is 5.82 Å². The molecule has 5 rings (SSSR count). The Hall–Kier alpha value is -4.46. The average molecular weight is 481 g/mol. The standard InChI is InChI=1S/C28H28N6O2/c1-4-21-12-14-22(15-13-21)18-29-26(35)20(3)33-28(36)24-25(19(2)30-33)31-34(23-10-6-5-7-11-23)27(24)32-16-8-9-17-32/h5-17,20H,4,18H2,1-3H3,(H,29,35)/t20-/m1/s1. The van der Waals surface area contributed by atoms with Crippen LogP contribution >= 0.6 is 0 Å². The maximum absolute atomic E-state index is 13.8. The van der Waals surface area contributed by atoms with E-state index < -0.39 is 6.04 Å². The Morgan fingerprint density at radius 3 is 2.28 bits per heavy atom. The zero-order valence-electron chi connectivity index (χ0n) is 20.5. The highest BCUT2D eigenvalue weighted by Gasteiger charge is 2.25. The molecule has 0 spiro atoms. The van der Waals surface area contributed by atoms with Gasteiger partial charge in [0.25, 0.3) is 5.56 Å². The summed E-state index contributed by atoms with van der Waals surface area (Å²) in [6, 6.07) is 20.8. The fourth-order valence-electron chi connectivity index (χ4n) is 4.29. The van der Waals surface area contributed by atoms with E-state index in [0.29, 0.717) is 29.0 Å². The molecular weight excluding hydrogens is 452 g/mol. The lowest BCUT2D eigenvalue weighted by molar-refractivity contribution is -0.124. The Kier molecular flexibility index (Phi) is 6.25. The van der Waals surface area contributed by atoms with Gasteiger partial charge in [0.05, 0.1) is 11.4 Å². The Balaban J connectivity index is 1.54. The zero-order valence-corrected chi connectivity index (χ0v) is 20.5. The summed E-state index contributed by atoms with van der Waals surface area (Å²) in [5.74, 6) is 0.329. The van der Waals surface area contributed by atoms with Crippen molar-refractivity contribution in [2.45, 2.75) is 39.8 Å². The normalized spacial score (nSPS) is 12.1. The lowest BCUT2D eigenvalue weighted by Crippen LogP contribution is -2.37. The summed E-state index contributed by atoms with van der Waals surface area (Å²) in [4.78, 5) is 26.8. The van der Waals surface area contributed by atoms with Crippen molar-refractivity contribution in [1.29, 1.82) is 0 Å². The van der Waals surface area contributed by atoms with Crippen LogP contribution in [0.3, 0.4) is 0 Å². The zero-order chi connectivity index (χ0) is 25.2. The predicted molar refractivity (Wildman–Crippen MR) is 140 cm³/mol. The third kappa shape index (κ3) is 4.22. The van der Waals surface area contributed by atoms with Gasteiger partial charge in [0.2, 0.25) is 5.91 Å². The molecule has 182 valence electrons. The second kappa shape index (κ2) is 9.65. The van der Waals surface area contributed by atoms with Crippen molar-refractivity contribution in [3.05, 3.63) is 106 Å². The maximum atomic E-state index is 13.8. The number of benzene rings is 2. The van der Waals surface area contributed by atoms with E-state index in [1.54, 1.807) is 18.5 Å². The summed E-state index contributed by atoms with van der Waals surface area (Å²) in [6.45, 7) is 5.98. The number of hydrogen-bond donors (Lipinski definition) is 1. The SMILES string of the molecule is CCc1ccc(CNC(=O)[C@@H](C)n2nc(C)c3nn(-c4ccccc4)c(-n4cccc4)c3c2=O)cc1. The summed E-state index contributed by atoms with van der Waals surface area (Å²) < 4.78 is 4.87. The van der Waals surface area contributed by atoms with Crippen molar-refractivity contribution < 1.29 is 4.79 Å². The molecule has 2 aromatic carbocycles. The molecule has 8 heteroatoms. The van der Waals surface area contributed by atoms with Crippen LogP contribution in [0.25, 0.3) is 22.4 Å². The lowest BCUT2D eigenvalue weighted by Gasteiger charge is -2.15. The Morgan fingerprint density at radius 2 is 1.61 bits per heavy atom. The van der Waals surface area contributed by atoms with Gasteiger partial charge >= 0.3 is 0 Å². The molecule has 0 fully saturated rings. The fourth-order valence-corrected chi connectivity index (χ4v) is 4.29. The van der Waals surface area contributed by atoms with Crippen LogP contribution in [0.15, 0.2) is 83.9 Å². The Bertz CT molecular complexity index is 1560. The molecule has 3 heterocycles. The van der Waals surface area contributed by atoms with E-state index in [4.69, 9.17) is 5.10 Å². The van der Waals surface area contributed by atoms with Crippen LogP contribution in [0.1, 0.15) is 36.7 Å². The van der Waals surface area contributed by atoms with Crippen LogP contribution in [0, 0.1) is 6.92 Å². The summed E-state index contributed by atoms with van der Waals surface area (Å²) in [5.41, 5.74) is 3.78. The van der Waals surface area contributed by atoms with Gasteiger partial charge in [-0.15, -0.1) is 0 Å². The van der Waals surface area contributed by atoms with Gasteiger partial charge in [-0.2, -0.15) is 10.2 Å². The Labute approximate surface area is 208 Å². The molecular formula is C28H28N6O2. The number of nitrogens with zero attached hydrogens (tertiary/aromatic N) is 5. The van der Waals surface area contributed by atoms with E-state index in [2.05, 4.69) is 29.5 Å². The molecule has 0 aliphatic rings. The Morgan fingerprint density at radius 1 is 0.944 bits per heavy atom. The second-order valence-corrected chi connectivity index (χ2v) is 8.78. The molecule has 0 aliphatic heterocycles. The first kappa shape index (κ1) is 23.3. The summed E-state index contributed by atoms with van der Waals surface area (Å²) in [5, 5.41) is 12.6. The van der Waals surface area contributed by atoms with Crippen molar-refractivity contribution in [2.24, 2.45) is 0 Å². The molecule has 0 radical (unpaired) electrons.